The maximum atomic E-state index is 12.3. The van der Waals surface area contributed by atoms with Gasteiger partial charge in [0.15, 0.2) is 13.2 Å². The lowest BCUT2D eigenvalue weighted by atomic mass is 9.93. The van der Waals surface area contributed by atoms with Gasteiger partial charge in [0.2, 0.25) is 0 Å². The number of benzene rings is 2. The predicted octanol–water partition coefficient (Wildman–Crippen LogP) is 4.35. The van der Waals surface area contributed by atoms with Crippen molar-refractivity contribution in [3.05, 3.63) is 58.7 Å². The van der Waals surface area contributed by atoms with Gasteiger partial charge in [0.05, 0.1) is 0 Å². The minimum atomic E-state index is -0.359. The Bertz CT molecular complexity index is 829. The molecule has 0 spiro atoms. The van der Waals surface area contributed by atoms with Crippen LogP contribution in [0.2, 0.25) is 0 Å². The summed E-state index contributed by atoms with van der Waals surface area (Å²) in [5, 5.41) is 3.03. The van der Waals surface area contributed by atoms with Crippen molar-refractivity contribution in [3.63, 3.8) is 0 Å². The third kappa shape index (κ3) is 6.49. The fourth-order valence-electron chi connectivity index (χ4n) is 4.14. The number of nitrogens with one attached hydrogen (secondary N) is 1. The molecule has 2 aromatic carbocycles. The Morgan fingerprint density at radius 1 is 0.781 bits per heavy atom. The molecule has 0 radical (unpaired) electrons. The highest BCUT2D eigenvalue weighted by atomic mass is 16.6. The largest absolute Gasteiger partial charge is 0.483 e. The summed E-state index contributed by atoms with van der Waals surface area (Å²) in [6.45, 7) is 7.74. The van der Waals surface area contributed by atoms with Crippen molar-refractivity contribution in [2.75, 3.05) is 13.2 Å². The summed E-state index contributed by atoms with van der Waals surface area (Å²) in [5.41, 5.74) is 4.02. The Morgan fingerprint density at radius 3 is 1.75 bits per heavy atom. The molecule has 0 saturated heterocycles. The maximum absolute atomic E-state index is 12.3. The van der Waals surface area contributed by atoms with Crippen molar-refractivity contribution in [2.45, 2.75) is 65.5 Å². The molecule has 0 atom stereocenters. The molecular formula is C26H33NO5. The molecular weight excluding hydrogens is 406 g/mol. The summed E-state index contributed by atoms with van der Waals surface area (Å²) < 4.78 is 17.0. The molecule has 0 aliphatic heterocycles. The van der Waals surface area contributed by atoms with Crippen LogP contribution in [0.15, 0.2) is 36.4 Å². The Balaban J connectivity index is 1.36. The monoisotopic (exact) mass is 439 g/mol. The second kappa shape index (κ2) is 11.0. The molecule has 6 nitrogen and oxygen atoms in total. The highest BCUT2D eigenvalue weighted by molar-refractivity contribution is 5.78. The van der Waals surface area contributed by atoms with Crippen molar-refractivity contribution >= 4 is 11.9 Å². The smallest absolute Gasteiger partial charge is 0.344 e. The number of aryl methyl sites for hydroxylation is 4. The number of hydrogen-bond donors (Lipinski definition) is 1. The average Bonchev–Trinajstić information content (AvgIpc) is 2.74. The number of para-hydroxylation sites is 2. The summed E-state index contributed by atoms with van der Waals surface area (Å²) in [6.07, 6.45) is 2.84. The Kier molecular flexibility index (Phi) is 8.14. The summed E-state index contributed by atoms with van der Waals surface area (Å²) in [6, 6.07) is 11.9. The molecule has 1 fully saturated rings. The van der Waals surface area contributed by atoms with Crippen LogP contribution in [0.4, 0.5) is 0 Å². The van der Waals surface area contributed by atoms with E-state index in [2.05, 4.69) is 5.32 Å². The lowest BCUT2D eigenvalue weighted by molar-refractivity contribution is -0.153. The molecule has 6 heteroatoms. The molecule has 1 aliphatic carbocycles. The zero-order valence-electron chi connectivity index (χ0n) is 19.4. The fourth-order valence-corrected chi connectivity index (χ4v) is 4.14. The topological polar surface area (TPSA) is 73.9 Å². The third-order valence-corrected chi connectivity index (χ3v) is 5.84. The molecule has 1 saturated carbocycles. The number of carbonyl (C=O) groups excluding carboxylic acids is 2. The van der Waals surface area contributed by atoms with Gasteiger partial charge in [-0.1, -0.05) is 36.4 Å². The summed E-state index contributed by atoms with van der Waals surface area (Å²) in [4.78, 5) is 24.5. The van der Waals surface area contributed by atoms with Gasteiger partial charge in [0, 0.05) is 6.04 Å². The molecule has 3 rings (SSSR count). The van der Waals surface area contributed by atoms with Crippen molar-refractivity contribution in [1.82, 2.24) is 5.32 Å². The number of rotatable bonds is 8. The molecule has 1 N–H and O–H groups in total. The highest BCUT2D eigenvalue weighted by Crippen LogP contribution is 2.24. The molecule has 1 amide bonds. The van der Waals surface area contributed by atoms with Crippen molar-refractivity contribution in [1.29, 1.82) is 0 Å². The van der Waals surface area contributed by atoms with Crippen LogP contribution in [-0.2, 0) is 14.3 Å². The number of esters is 1. The van der Waals surface area contributed by atoms with Gasteiger partial charge in [-0.3, -0.25) is 4.79 Å². The van der Waals surface area contributed by atoms with Gasteiger partial charge in [0.25, 0.3) is 5.91 Å². The van der Waals surface area contributed by atoms with Crippen LogP contribution in [0, 0.1) is 27.7 Å². The third-order valence-electron chi connectivity index (χ3n) is 5.84. The van der Waals surface area contributed by atoms with Gasteiger partial charge in [-0.15, -0.1) is 0 Å². The Hall–Kier alpha value is -3.02. The molecule has 0 heterocycles. The van der Waals surface area contributed by atoms with E-state index < -0.39 is 0 Å². The second-order valence-electron chi connectivity index (χ2n) is 8.55. The van der Waals surface area contributed by atoms with Crippen LogP contribution in [-0.4, -0.2) is 37.2 Å². The zero-order chi connectivity index (χ0) is 23.1. The highest BCUT2D eigenvalue weighted by Gasteiger charge is 2.25. The molecule has 0 unspecified atom stereocenters. The zero-order valence-corrected chi connectivity index (χ0v) is 19.4. The van der Waals surface area contributed by atoms with Gasteiger partial charge in [0.1, 0.15) is 17.6 Å². The fraction of sp³-hybridized carbons (Fsp3) is 0.462. The van der Waals surface area contributed by atoms with E-state index in [-0.39, 0.29) is 37.2 Å². The minimum absolute atomic E-state index is 0.00370. The summed E-state index contributed by atoms with van der Waals surface area (Å²) in [5.74, 6) is 1.01. The Labute approximate surface area is 190 Å². The predicted molar refractivity (Wildman–Crippen MR) is 123 cm³/mol. The van der Waals surface area contributed by atoms with Gasteiger partial charge in [-0.25, -0.2) is 4.79 Å². The molecule has 172 valence electrons. The molecule has 0 aromatic heterocycles. The van der Waals surface area contributed by atoms with Gasteiger partial charge in [-0.2, -0.15) is 0 Å². The van der Waals surface area contributed by atoms with E-state index in [0.29, 0.717) is 0 Å². The maximum Gasteiger partial charge on any atom is 0.344 e. The normalized spacial score (nSPS) is 18.0. The van der Waals surface area contributed by atoms with Crippen LogP contribution in [0.3, 0.4) is 0 Å². The number of amides is 1. The van der Waals surface area contributed by atoms with Crippen molar-refractivity contribution in [3.8, 4) is 11.5 Å². The molecule has 32 heavy (non-hydrogen) atoms. The first-order chi connectivity index (χ1) is 15.3. The summed E-state index contributed by atoms with van der Waals surface area (Å²) in [7, 11) is 0. The van der Waals surface area contributed by atoms with E-state index in [1.165, 1.54) is 0 Å². The van der Waals surface area contributed by atoms with Gasteiger partial charge in [-0.05, 0) is 75.6 Å². The lowest BCUT2D eigenvalue weighted by Crippen LogP contribution is -2.41. The van der Waals surface area contributed by atoms with Crippen LogP contribution in [0.25, 0.3) is 0 Å². The SMILES string of the molecule is Cc1cccc(C)c1OCC(=O)NC1CCC(OC(=O)COc2c(C)cccc2C)CC1. The first kappa shape index (κ1) is 23.6. The summed E-state index contributed by atoms with van der Waals surface area (Å²) >= 11 is 0. The first-order valence-electron chi connectivity index (χ1n) is 11.2. The average molecular weight is 440 g/mol. The quantitative estimate of drug-likeness (QED) is 0.619. The van der Waals surface area contributed by atoms with E-state index in [1.807, 2.05) is 64.1 Å². The lowest BCUT2D eigenvalue weighted by Gasteiger charge is -2.29. The standard InChI is InChI=1S/C26H33NO5/c1-17-7-5-8-18(2)25(17)30-15-23(28)27-21-11-13-22(14-12-21)32-24(29)16-31-26-19(3)9-6-10-20(26)4/h5-10,21-22H,11-16H2,1-4H3,(H,27,28). The number of hydrogen-bond acceptors (Lipinski definition) is 5. The van der Waals surface area contributed by atoms with Gasteiger partial charge < -0.3 is 19.5 Å². The molecule has 0 bridgehead atoms. The van der Waals surface area contributed by atoms with Crippen molar-refractivity contribution in [2.24, 2.45) is 0 Å². The number of ether oxygens (including phenoxy) is 3. The van der Waals surface area contributed by atoms with Crippen LogP contribution in [0.1, 0.15) is 47.9 Å². The molecule has 1 aliphatic rings. The van der Waals surface area contributed by atoms with Gasteiger partial charge >= 0.3 is 5.97 Å². The van der Waals surface area contributed by atoms with Crippen molar-refractivity contribution < 1.29 is 23.8 Å². The van der Waals surface area contributed by atoms with E-state index in [0.717, 1.165) is 59.4 Å². The van der Waals surface area contributed by atoms with Crippen LogP contribution < -0.4 is 14.8 Å². The first-order valence-corrected chi connectivity index (χ1v) is 11.2. The van der Waals surface area contributed by atoms with E-state index in [1.54, 1.807) is 0 Å². The van der Waals surface area contributed by atoms with E-state index in [4.69, 9.17) is 14.2 Å². The van der Waals surface area contributed by atoms with E-state index >= 15 is 0 Å². The van der Waals surface area contributed by atoms with Crippen LogP contribution >= 0.6 is 0 Å². The van der Waals surface area contributed by atoms with Crippen LogP contribution in [0.5, 0.6) is 11.5 Å². The molecule has 2 aromatic rings. The van der Waals surface area contributed by atoms with E-state index in [9.17, 15) is 9.59 Å². The number of carbonyl (C=O) groups is 2. The minimum Gasteiger partial charge on any atom is -0.483 e. The Morgan fingerprint density at radius 2 is 1.25 bits per heavy atom. The second-order valence-corrected chi connectivity index (χ2v) is 8.55.